The molecule has 0 aliphatic heterocycles. The van der Waals surface area contributed by atoms with Crippen molar-refractivity contribution in [3.05, 3.63) is 42.2 Å². The first-order valence-corrected chi connectivity index (χ1v) is 7.41. The summed E-state index contributed by atoms with van der Waals surface area (Å²) in [5, 5.41) is 3.81. The Bertz CT molecular complexity index is 682. The van der Waals surface area contributed by atoms with Crippen LogP contribution in [0.3, 0.4) is 0 Å². The molecule has 0 N–H and O–H groups in total. The highest BCUT2D eigenvalue weighted by Crippen LogP contribution is 2.05. The Kier molecular flexibility index (Phi) is 4.59. The Balaban J connectivity index is 2.08. The lowest BCUT2D eigenvalue weighted by Crippen LogP contribution is -2.27. The van der Waals surface area contributed by atoms with Crippen molar-refractivity contribution in [1.82, 2.24) is 19.7 Å². The number of hydrogen-bond acceptors (Lipinski definition) is 5. The molecule has 8 heteroatoms. The number of amides is 1. The van der Waals surface area contributed by atoms with E-state index in [1.807, 2.05) is 0 Å². The average Bonchev–Trinajstić information content (AvgIpc) is 2.97. The summed E-state index contributed by atoms with van der Waals surface area (Å²) in [6, 6.07) is 8.17. The number of aromatic nitrogens is 3. The summed E-state index contributed by atoms with van der Waals surface area (Å²) in [7, 11) is 1.45. The van der Waals surface area contributed by atoms with Crippen molar-refractivity contribution in [2.24, 2.45) is 0 Å². The van der Waals surface area contributed by atoms with Crippen LogP contribution in [0.1, 0.15) is 10.4 Å². The SMILES string of the molecule is CN(C)C(=O)n1cnc(S(=O)CC(=O)c2ccccc2)n1. The Morgan fingerprint density at radius 2 is 1.90 bits per heavy atom. The van der Waals surface area contributed by atoms with Crippen LogP contribution < -0.4 is 0 Å². The minimum absolute atomic E-state index is 0.0329. The van der Waals surface area contributed by atoms with Crippen molar-refractivity contribution in [2.75, 3.05) is 19.8 Å². The molecule has 1 unspecified atom stereocenters. The highest BCUT2D eigenvalue weighted by atomic mass is 32.2. The van der Waals surface area contributed by atoms with E-state index in [1.54, 1.807) is 44.4 Å². The first kappa shape index (κ1) is 15.0. The second kappa shape index (κ2) is 6.40. The highest BCUT2D eigenvalue weighted by molar-refractivity contribution is 7.85. The minimum Gasteiger partial charge on any atom is -0.329 e. The van der Waals surface area contributed by atoms with Gasteiger partial charge in [0.15, 0.2) is 5.78 Å². The third-order valence-corrected chi connectivity index (χ3v) is 3.73. The van der Waals surface area contributed by atoms with Gasteiger partial charge in [-0.05, 0) is 0 Å². The van der Waals surface area contributed by atoms with E-state index in [0.717, 1.165) is 4.68 Å². The molecule has 1 aromatic carbocycles. The lowest BCUT2D eigenvalue weighted by molar-refractivity contribution is 0.102. The van der Waals surface area contributed by atoms with E-state index < -0.39 is 16.8 Å². The molecule has 0 spiro atoms. The van der Waals surface area contributed by atoms with E-state index in [4.69, 9.17) is 0 Å². The molecule has 1 amide bonds. The summed E-state index contributed by atoms with van der Waals surface area (Å²) < 4.78 is 13.0. The van der Waals surface area contributed by atoms with Gasteiger partial charge < -0.3 is 4.90 Å². The number of benzene rings is 1. The Labute approximate surface area is 124 Å². The molecule has 0 saturated heterocycles. The minimum atomic E-state index is -1.69. The molecule has 110 valence electrons. The van der Waals surface area contributed by atoms with Gasteiger partial charge >= 0.3 is 6.03 Å². The molecule has 1 aromatic heterocycles. The van der Waals surface area contributed by atoms with Crippen molar-refractivity contribution < 1.29 is 13.8 Å². The molecule has 21 heavy (non-hydrogen) atoms. The van der Waals surface area contributed by atoms with Crippen LogP contribution in [0.2, 0.25) is 0 Å². The predicted molar refractivity (Wildman–Crippen MR) is 76.6 cm³/mol. The van der Waals surface area contributed by atoms with Crippen LogP contribution in [-0.4, -0.2) is 55.5 Å². The third-order valence-electron chi connectivity index (χ3n) is 2.61. The van der Waals surface area contributed by atoms with Crippen molar-refractivity contribution in [3.8, 4) is 0 Å². The van der Waals surface area contributed by atoms with Crippen molar-refractivity contribution in [1.29, 1.82) is 0 Å². The second-order valence-corrected chi connectivity index (χ2v) is 5.77. The molecular weight excluding hydrogens is 292 g/mol. The van der Waals surface area contributed by atoms with E-state index >= 15 is 0 Å². The van der Waals surface area contributed by atoms with E-state index in [1.165, 1.54) is 11.2 Å². The van der Waals surface area contributed by atoms with E-state index in [2.05, 4.69) is 10.1 Å². The summed E-state index contributed by atoms with van der Waals surface area (Å²) in [4.78, 5) is 28.7. The van der Waals surface area contributed by atoms with Crippen LogP contribution >= 0.6 is 0 Å². The predicted octanol–water partition coefficient (Wildman–Crippen LogP) is 0.798. The first-order chi connectivity index (χ1) is 9.99. The zero-order valence-corrected chi connectivity index (χ0v) is 12.4. The van der Waals surface area contributed by atoms with Gasteiger partial charge in [-0.25, -0.2) is 9.78 Å². The van der Waals surface area contributed by atoms with Crippen molar-refractivity contribution in [3.63, 3.8) is 0 Å². The molecule has 1 atom stereocenters. The summed E-state index contributed by atoms with van der Waals surface area (Å²) in [5.41, 5.74) is 0.481. The number of nitrogens with zero attached hydrogens (tertiary/aromatic N) is 4. The molecule has 7 nitrogen and oxygen atoms in total. The first-order valence-electron chi connectivity index (χ1n) is 6.09. The molecule has 0 saturated carbocycles. The molecule has 0 aliphatic rings. The third kappa shape index (κ3) is 3.60. The van der Waals surface area contributed by atoms with Crippen LogP contribution in [0.4, 0.5) is 4.79 Å². The zero-order valence-electron chi connectivity index (χ0n) is 11.6. The van der Waals surface area contributed by atoms with E-state index in [9.17, 15) is 13.8 Å². The number of hydrogen-bond donors (Lipinski definition) is 0. The molecule has 0 radical (unpaired) electrons. The van der Waals surface area contributed by atoms with Crippen LogP contribution in [0.25, 0.3) is 0 Å². The van der Waals surface area contributed by atoms with Gasteiger partial charge in [0.05, 0.1) is 5.75 Å². The summed E-state index contributed by atoms with van der Waals surface area (Å²) in [6.07, 6.45) is 1.18. The van der Waals surface area contributed by atoms with E-state index in [0.29, 0.717) is 5.56 Å². The van der Waals surface area contributed by atoms with E-state index in [-0.39, 0.29) is 16.7 Å². The number of carbonyl (C=O) groups excluding carboxylic acids is 2. The molecular formula is C13H14N4O3S. The smallest absolute Gasteiger partial charge is 0.329 e. The quantitative estimate of drug-likeness (QED) is 0.780. The fraction of sp³-hybridized carbons (Fsp3) is 0.231. The van der Waals surface area contributed by atoms with Crippen molar-refractivity contribution in [2.45, 2.75) is 5.16 Å². The topological polar surface area (TPSA) is 85.2 Å². The maximum Gasteiger partial charge on any atom is 0.345 e. The normalized spacial score (nSPS) is 11.9. The largest absolute Gasteiger partial charge is 0.345 e. The van der Waals surface area contributed by atoms with Gasteiger partial charge in [0, 0.05) is 19.7 Å². The molecule has 0 aliphatic carbocycles. The summed E-state index contributed by atoms with van der Waals surface area (Å²) in [5.74, 6) is -0.478. The molecule has 0 fully saturated rings. The number of carbonyl (C=O) groups is 2. The van der Waals surface area contributed by atoms with Gasteiger partial charge in [0.25, 0.3) is 0 Å². The van der Waals surface area contributed by atoms with Crippen LogP contribution in [-0.2, 0) is 10.8 Å². The highest BCUT2D eigenvalue weighted by Gasteiger charge is 2.18. The lowest BCUT2D eigenvalue weighted by atomic mass is 10.2. The van der Waals surface area contributed by atoms with Gasteiger partial charge in [0.2, 0.25) is 5.16 Å². The number of rotatable bonds is 4. The molecule has 0 bridgehead atoms. The number of ketones is 1. The number of Topliss-reactive ketones (excluding diaryl/α,β-unsaturated/α-hetero) is 1. The van der Waals surface area contributed by atoms with Crippen LogP contribution in [0, 0.1) is 0 Å². The van der Waals surface area contributed by atoms with Gasteiger partial charge in [0.1, 0.15) is 17.1 Å². The van der Waals surface area contributed by atoms with Crippen LogP contribution in [0.5, 0.6) is 0 Å². The standard InChI is InChI=1S/C13H14N4O3S/c1-16(2)13(19)17-9-14-12(15-17)21(20)8-11(18)10-6-4-3-5-7-10/h3-7,9H,8H2,1-2H3. The van der Waals surface area contributed by atoms with Gasteiger partial charge in [-0.3, -0.25) is 9.00 Å². The fourth-order valence-electron chi connectivity index (χ4n) is 1.54. The molecule has 2 aromatic rings. The average molecular weight is 306 g/mol. The maximum absolute atomic E-state index is 12.1. The maximum atomic E-state index is 12.1. The summed E-state index contributed by atoms with van der Waals surface area (Å²) in [6.45, 7) is 0. The Morgan fingerprint density at radius 3 is 2.52 bits per heavy atom. The Hall–Kier alpha value is -2.35. The molecule has 1 heterocycles. The fourth-order valence-corrected chi connectivity index (χ4v) is 2.42. The van der Waals surface area contributed by atoms with Crippen molar-refractivity contribution >= 4 is 22.6 Å². The summed E-state index contributed by atoms with van der Waals surface area (Å²) >= 11 is 0. The molecule has 2 rings (SSSR count). The second-order valence-electron chi connectivity index (χ2n) is 4.43. The van der Waals surface area contributed by atoms with Gasteiger partial charge in [-0.1, -0.05) is 30.3 Å². The van der Waals surface area contributed by atoms with Crippen LogP contribution in [0.15, 0.2) is 41.8 Å². The Morgan fingerprint density at radius 1 is 1.24 bits per heavy atom. The van der Waals surface area contributed by atoms with Gasteiger partial charge in [-0.2, -0.15) is 4.68 Å². The van der Waals surface area contributed by atoms with Gasteiger partial charge in [-0.15, -0.1) is 5.10 Å². The zero-order chi connectivity index (χ0) is 15.4. The monoisotopic (exact) mass is 306 g/mol. The lowest BCUT2D eigenvalue weighted by Gasteiger charge is -2.07.